The van der Waals surface area contributed by atoms with E-state index in [2.05, 4.69) is 22.5 Å². The SMILES string of the molecule is CC(CC(=O)N1CCC(C(=O)Nc2ccc(Cl)cn2)CC1)C1CCCNC1.Cl.Cl. The normalized spacial score (nSPS) is 20.8. The van der Waals surface area contributed by atoms with Crippen LogP contribution in [0.2, 0.25) is 5.02 Å². The first kappa shape index (κ1) is 26.0. The molecule has 164 valence electrons. The maximum atomic E-state index is 12.6. The fourth-order valence-corrected chi connectivity index (χ4v) is 4.12. The molecule has 0 aliphatic carbocycles. The number of nitrogens with one attached hydrogen (secondary N) is 2. The second kappa shape index (κ2) is 12.6. The van der Waals surface area contributed by atoms with Crippen molar-refractivity contribution >= 4 is 54.0 Å². The lowest BCUT2D eigenvalue weighted by Crippen LogP contribution is -2.43. The molecule has 1 aromatic heterocycles. The maximum Gasteiger partial charge on any atom is 0.228 e. The van der Waals surface area contributed by atoms with Crippen molar-refractivity contribution in [3.8, 4) is 0 Å². The van der Waals surface area contributed by atoms with E-state index in [4.69, 9.17) is 11.6 Å². The number of aromatic nitrogens is 1. The van der Waals surface area contributed by atoms with Gasteiger partial charge >= 0.3 is 0 Å². The minimum Gasteiger partial charge on any atom is -0.343 e. The smallest absolute Gasteiger partial charge is 0.228 e. The van der Waals surface area contributed by atoms with Crippen LogP contribution in [0, 0.1) is 17.8 Å². The third-order valence-electron chi connectivity index (χ3n) is 5.83. The van der Waals surface area contributed by atoms with Gasteiger partial charge in [0, 0.05) is 31.6 Å². The van der Waals surface area contributed by atoms with E-state index in [1.165, 1.54) is 19.0 Å². The van der Waals surface area contributed by atoms with E-state index in [0.29, 0.717) is 55.0 Å². The van der Waals surface area contributed by atoms with Gasteiger partial charge in [0.15, 0.2) is 0 Å². The van der Waals surface area contributed by atoms with Crippen molar-refractivity contribution in [1.29, 1.82) is 0 Å². The molecule has 2 aliphatic rings. The number of halogens is 3. The van der Waals surface area contributed by atoms with Crippen LogP contribution in [0.3, 0.4) is 0 Å². The molecule has 9 heteroatoms. The second-order valence-corrected chi connectivity index (χ2v) is 8.23. The summed E-state index contributed by atoms with van der Waals surface area (Å²) in [6.45, 7) is 5.61. The minimum atomic E-state index is -0.0773. The van der Waals surface area contributed by atoms with Gasteiger partial charge in [-0.25, -0.2) is 4.98 Å². The molecule has 3 rings (SSSR count). The first-order valence-electron chi connectivity index (χ1n) is 9.94. The Bertz CT molecular complexity index is 646. The number of rotatable bonds is 5. The molecule has 2 atom stereocenters. The average molecular weight is 466 g/mol. The lowest BCUT2D eigenvalue weighted by Gasteiger charge is -2.33. The van der Waals surface area contributed by atoms with Crippen molar-refractivity contribution in [2.45, 2.75) is 39.0 Å². The molecular formula is C20H31Cl3N4O2. The Morgan fingerprint density at radius 3 is 2.59 bits per heavy atom. The number of nitrogens with zero attached hydrogens (tertiary/aromatic N) is 2. The molecule has 0 saturated carbocycles. The highest BCUT2D eigenvalue weighted by atomic mass is 35.5. The molecule has 6 nitrogen and oxygen atoms in total. The molecule has 2 saturated heterocycles. The van der Waals surface area contributed by atoms with Gasteiger partial charge in [0.25, 0.3) is 0 Å². The molecule has 2 fully saturated rings. The molecule has 2 unspecified atom stereocenters. The molecule has 0 aromatic carbocycles. The molecule has 0 radical (unpaired) electrons. The van der Waals surface area contributed by atoms with Crippen molar-refractivity contribution in [3.05, 3.63) is 23.4 Å². The summed E-state index contributed by atoms with van der Waals surface area (Å²) in [4.78, 5) is 31.1. The third kappa shape index (κ3) is 7.59. The van der Waals surface area contributed by atoms with Crippen molar-refractivity contribution in [3.63, 3.8) is 0 Å². The van der Waals surface area contributed by atoms with Crippen LogP contribution in [0.4, 0.5) is 5.82 Å². The Labute approximate surface area is 190 Å². The summed E-state index contributed by atoms with van der Waals surface area (Å²) in [5.41, 5.74) is 0. The number of carbonyl (C=O) groups is 2. The fraction of sp³-hybridized carbons (Fsp3) is 0.650. The van der Waals surface area contributed by atoms with Crippen LogP contribution in [0.25, 0.3) is 0 Å². The molecule has 1 aromatic rings. The molecule has 0 bridgehead atoms. The number of hydrogen-bond acceptors (Lipinski definition) is 4. The lowest BCUT2D eigenvalue weighted by molar-refractivity contribution is -0.135. The quantitative estimate of drug-likeness (QED) is 0.694. The summed E-state index contributed by atoms with van der Waals surface area (Å²) >= 11 is 5.81. The van der Waals surface area contributed by atoms with E-state index >= 15 is 0 Å². The number of pyridine rings is 1. The van der Waals surface area contributed by atoms with Crippen LogP contribution in [-0.2, 0) is 9.59 Å². The van der Waals surface area contributed by atoms with Crippen molar-refractivity contribution in [1.82, 2.24) is 15.2 Å². The Morgan fingerprint density at radius 1 is 1.28 bits per heavy atom. The Kier molecular flexibility index (Phi) is 11.3. The summed E-state index contributed by atoms with van der Waals surface area (Å²) in [6.07, 6.45) is 5.93. The highest BCUT2D eigenvalue weighted by Crippen LogP contribution is 2.25. The molecular weight excluding hydrogens is 435 g/mol. The molecule has 29 heavy (non-hydrogen) atoms. The Morgan fingerprint density at radius 2 is 2.00 bits per heavy atom. The van der Waals surface area contributed by atoms with E-state index < -0.39 is 0 Å². The van der Waals surface area contributed by atoms with E-state index in [-0.39, 0.29) is 42.5 Å². The van der Waals surface area contributed by atoms with E-state index in [1.54, 1.807) is 12.1 Å². The summed E-state index contributed by atoms with van der Waals surface area (Å²) in [5.74, 6) is 1.63. The van der Waals surface area contributed by atoms with Gasteiger partial charge in [-0.2, -0.15) is 0 Å². The van der Waals surface area contributed by atoms with E-state index in [0.717, 1.165) is 13.1 Å². The van der Waals surface area contributed by atoms with E-state index in [1.807, 2.05) is 4.90 Å². The molecule has 2 aliphatic heterocycles. The first-order valence-corrected chi connectivity index (χ1v) is 10.3. The van der Waals surface area contributed by atoms with Crippen LogP contribution < -0.4 is 10.6 Å². The average Bonchev–Trinajstić information content (AvgIpc) is 2.70. The van der Waals surface area contributed by atoms with Gasteiger partial charge < -0.3 is 15.5 Å². The van der Waals surface area contributed by atoms with Gasteiger partial charge in [0.1, 0.15) is 5.82 Å². The van der Waals surface area contributed by atoms with Gasteiger partial charge in [0.2, 0.25) is 11.8 Å². The number of anilines is 1. The van der Waals surface area contributed by atoms with Gasteiger partial charge in [-0.05, 0) is 62.7 Å². The third-order valence-corrected chi connectivity index (χ3v) is 6.06. The van der Waals surface area contributed by atoms with Crippen molar-refractivity contribution in [2.75, 3.05) is 31.5 Å². The predicted octanol–water partition coefficient (Wildman–Crippen LogP) is 3.78. The number of amides is 2. The highest BCUT2D eigenvalue weighted by molar-refractivity contribution is 6.30. The van der Waals surface area contributed by atoms with Crippen LogP contribution in [0.5, 0.6) is 0 Å². The van der Waals surface area contributed by atoms with Crippen LogP contribution >= 0.6 is 36.4 Å². The maximum absolute atomic E-state index is 12.6. The van der Waals surface area contributed by atoms with Crippen LogP contribution in [-0.4, -0.2) is 47.9 Å². The molecule has 0 spiro atoms. The van der Waals surface area contributed by atoms with Crippen LogP contribution in [0.15, 0.2) is 18.3 Å². The molecule has 2 amide bonds. The Balaban J connectivity index is 0.00000210. The Hall–Kier alpha value is -1.08. The fourth-order valence-electron chi connectivity index (χ4n) is 4.00. The van der Waals surface area contributed by atoms with Crippen molar-refractivity contribution < 1.29 is 9.59 Å². The van der Waals surface area contributed by atoms with Crippen molar-refractivity contribution in [2.24, 2.45) is 17.8 Å². The summed E-state index contributed by atoms with van der Waals surface area (Å²) in [6, 6.07) is 3.40. The summed E-state index contributed by atoms with van der Waals surface area (Å²) in [7, 11) is 0. The van der Waals surface area contributed by atoms with Gasteiger partial charge in [-0.15, -0.1) is 24.8 Å². The zero-order valence-electron chi connectivity index (χ0n) is 16.7. The zero-order valence-corrected chi connectivity index (χ0v) is 19.1. The first-order chi connectivity index (χ1) is 13.0. The van der Waals surface area contributed by atoms with Gasteiger partial charge in [-0.3, -0.25) is 9.59 Å². The zero-order chi connectivity index (χ0) is 19.2. The predicted molar refractivity (Wildman–Crippen MR) is 121 cm³/mol. The number of hydrogen-bond donors (Lipinski definition) is 2. The number of piperidine rings is 2. The summed E-state index contributed by atoms with van der Waals surface area (Å²) in [5, 5.41) is 6.81. The standard InChI is InChI=1S/C20H29ClN4O2.2ClH/c1-14(16-3-2-8-22-12-16)11-19(26)25-9-6-15(7-10-25)20(27)24-18-5-4-17(21)13-23-18;;/h4-5,13-16,22H,2-3,6-12H2,1H3,(H,23,24,27);2*1H. The molecule has 3 heterocycles. The molecule has 2 N–H and O–H groups in total. The lowest BCUT2D eigenvalue weighted by atomic mass is 9.85. The second-order valence-electron chi connectivity index (χ2n) is 7.79. The topological polar surface area (TPSA) is 74.3 Å². The number of likely N-dealkylation sites (tertiary alicyclic amines) is 1. The summed E-state index contributed by atoms with van der Waals surface area (Å²) < 4.78 is 0. The highest BCUT2D eigenvalue weighted by Gasteiger charge is 2.29. The number of carbonyl (C=O) groups excluding carboxylic acids is 2. The van der Waals surface area contributed by atoms with Gasteiger partial charge in [-0.1, -0.05) is 18.5 Å². The van der Waals surface area contributed by atoms with Gasteiger partial charge in [0.05, 0.1) is 5.02 Å². The van der Waals surface area contributed by atoms with Crippen LogP contribution in [0.1, 0.15) is 39.0 Å². The largest absolute Gasteiger partial charge is 0.343 e. The van der Waals surface area contributed by atoms with E-state index in [9.17, 15) is 9.59 Å². The minimum absolute atomic E-state index is 0. The monoisotopic (exact) mass is 464 g/mol.